The predicted molar refractivity (Wildman–Crippen MR) is 56.8 cm³/mol. The van der Waals surface area contributed by atoms with E-state index >= 15 is 0 Å². The van der Waals surface area contributed by atoms with E-state index < -0.39 is 0 Å². The summed E-state index contributed by atoms with van der Waals surface area (Å²) in [6, 6.07) is 0. The third-order valence-corrected chi connectivity index (χ3v) is 2.65. The molecule has 0 saturated carbocycles. The molecule has 12 heavy (non-hydrogen) atoms. The molecule has 0 aromatic carbocycles. The van der Waals surface area contributed by atoms with Crippen molar-refractivity contribution in [3.63, 3.8) is 0 Å². The molecule has 64 valence electrons. The molecule has 3 heteroatoms. The third kappa shape index (κ3) is 1.65. The number of alkyl halides is 1. The summed E-state index contributed by atoms with van der Waals surface area (Å²) in [7, 11) is 0. The number of carbonyl (C=O) groups excluding carboxylic acids is 1. The van der Waals surface area contributed by atoms with E-state index in [-0.39, 0.29) is 0 Å². The maximum atomic E-state index is 10.7. The first-order chi connectivity index (χ1) is 5.70. The van der Waals surface area contributed by atoms with Gasteiger partial charge in [0.1, 0.15) is 0 Å². The van der Waals surface area contributed by atoms with E-state index in [1.807, 2.05) is 13.8 Å². The van der Waals surface area contributed by atoms with Crippen LogP contribution < -0.4 is 0 Å². The average Bonchev–Trinajstić information content (AvgIpc) is 2.08. The summed E-state index contributed by atoms with van der Waals surface area (Å²) in [5.41, 5.74) is 3.78. The Labute approximate surface area is 85.5 Å². The normalized spacial score (nSPS) is 9.92. The van der Waals surface area contributed by atoms with E-state index in [9.17, 15) is 4.79 Å². The SMILES string of the molecule is Cc1cnc(C)c(CI)c1C=O. The van der Waals surface area contributed by atoms with Crippen LogP contribution in [0.4, 0.5) is 0 Å². The molecule has 0 aliphatic carbocycles. The number of pyridine rings is 1. The number of hydrogen-bond acceptors (Lipinski definition) is 2. The van der Waals surface area contributed by atoms with Gasteiger partial charge < -0.3 is 0 Å². The number of aldehydes is 1. The summed E-state index contributed by atoms with van der Waals surface area (Å²) in [6.07, 6.45) is 2.66. The molecule has 0 fully saturated rings. The van der Waals surface area contributed by atoms with Crippen LogP contribution in [0.5, 0.6) is 0 Å². The summed E-state index contributed by atoms with van der Waals surface area (Å²) in [4.78, 5) is 14.9. The topological polar surface area (TPSA) is 30.0 Å². The number of aryl methyl sites for hydroxylation is 2. The predicted octanol–water partition coefficient (Wildman–Crippen LogP) is 2.45. The molecule has 1 heterocycles. The molecule has 2 nitrogen and oxygen atoms in total. The van der Waals surface area contributed by atoms with Crippen LogP contribution in [0.3, 0.4) is 0 Å². The van der Waals surface area contributed by atoms with Crippen molar-refractivity contribution in [3.8, 4) is 0 Å². The van der Waals surface area contributed by atoms with E-state index in [0.717, 1.165) is 33.1 Å². The molecule has 0 amide bonds. The van der Waals surface area contributed by atoms with Gasteiger partial charge in [-0.25, -0.2) is 0 Å². The molecular formula is C9H10INO. The molecular weight excluding hydrogens is 265 g/mol. The van der Waals surface area contributed by atoms with Gasteiger partial charge in [0, 0.05) is 21.9 Å². The second-order valence-corrected chi connectivity index (χ2v) is 3.43. The molecule has 0 radical (unpaired) electrons. The van der Waals surface area contributed by atoms with E-state index in [2.05, 4.69) is 27.6 Å². The molecule has 0 N–H and O–H groups in total. The van der Waals surface area contributed by atoms with Gasteiger partial charge in [0.25, 0.3) is 0 Å². The average molecular weight is 275 g/mol. The quantitative estimate of drug-likeness (QED) is 0.471. The zero-order chi connectivity index (χ0) is 9.14. The Morgan fingerprint density at radius 2 is 2.25 bits per heavy atom. The highest BCUT2D eigenvalue weighted by atomic mass is 127. The van der Waals surface area contributed by atoms with Crippen molar-refractivity contribution in [2.24, 2.45) is 0 Å². The summed E-state index contributed by atoms with van der Waals surface area (Å²) in [5, 5.41) is 0. The lowest BCUT2D eigenvalue weighted by Gasteiger charge is -2.06. The zero-order valence-corrected chi connectivity index (χ0v) is 9.25. The largest absolute Gasteiger partial charge is 0.298 e. The van der Waals surface area contributed by atoms with E-state index in [0.29, 0.717) is 0 Å². The van der Waals surface area contributed by atoms with Gasteiger partial charge in [-0.1, -0.05) is 22.6 Å². The molecule has 0 atom stereocenters. The van der Waals surface area contributed by atoms with Gasteiger partial charge in [0.15, 0.2) is 6.29 Å². The van der Waals surface area contributed by atoms with Crippen LogP contribution in [-0.2, 0) is 4.43 Å². The lowest BCUT2D eigenvalue weighted by atomic mass is 10.1. The van der Waals surface area contributed by atoms with Gasteiger partial charge in [0.2, 0.25) is 0 Å². The minimum atomic E-state index is 0.803. The highest BCUT2D eigenvalue weighted by Gasteiger charge is 2.07. The van der Waals surface area contributed by atoms with Crippen LogP contribution in [0.1, 0.15) is 27.2 Å². The standard InChI is InChI=1S/C9H10INO/c1-6-4-11-7(2)8(3-10)9(6)5-12/h4-5H,3H2,1-2H3. The van der Waals surface area contributed by atoms with Crippen LogP contribution in [0.15, 0.2) is 6.20 Å². The number of rotatable bonds is 2. The summed E-state index contributed by atoms with van der Waals surface area (Å²) in [6.45, 7) is 3.84. The second kappa shape index (κ2) is 3.98. The molecule has 0 bridgehead atoms. The fourth-order valence-corrected chi connectivity index (χ4v) is 2.07. The van der Waals surface area contributed by atoms with Crippen LogP contribution in [0.2, 0.25) is 0 Å². The van der Waals surface area contributed by atoms with E-state index in [1.165, 1.54) is 0 Å². The smallest absolute Gasteiger partial charge is 0.150 e. The third-order valence-electron chi connectivity index (χ3n) is 1.89. The van der Waals surface area contributed by atoms with Crippen molar-refractivity contribution in [2.75, 3.05) is 0 Å². The highest BCUT2D eigenvalue weighted by molar-refractivity contribution is 14.1. The minimum Gasteiger partial charge on any atom is -0.298 e. The number of aromatic nitrogens is 1. The summed E-state index contributed by atoms with van der Waals surface area (Å²) >= 11 is 2.25. The zero-order valence-electron chi connectivity index (χ0n) is 7.10. The Kier molecular flexibility index (Phi) is 3.20. The lowest BCUT2D eigenvalue weighted by molar-refractivity contribution is 0.112. The molecule has 1 rings (SSSR count). The Morgan fingerprint density at radius 3 is 2.67 bits per heavy atom. The minimum absolute atomic E-state index is 0.803. The Hall–Kier alpha value is -0.450. The molecule has 0 saturated heterocycles. The van der Waals surface area contributed by atoms with Crippen LogP contribution in [0.25, 0.3) is 0 Å². The molecule has 0 spiro atoms. The molecule has 1 aromatic rings. The summed E-state index contributed by atoms with van der Waals surface area (Å²) in [5.74, 6) is 0. The Balaban J connectivity index is 3.38. The van der Waals surface area contributed by atoms with Gasteiger partial charge in [0.05, 0.1) is 0 Å². The van der Waals surface area contributed by atoms with Crippen molar-refractivity contribution in [1.82, 2.24) is 4.98 Å². The number of nitrogens with zero attached hydrogens (tertiary/aromatic N) is 1. The van der Waals surface area contributed by atoms with Gasteiger partial charge in [-0.05, 0) is 25.0 Å². The Bertz CT molecular complexity index is 310. The maximum absolute atomic E-state index is 10.7. The number of carbonyl (C=O) groups is 1. The van der Waals surface area contributed by atoms with Crippen molar-refractivity contribution >= 4 is 28.9 Å². The van der Waals surface area contributed by atoms with Crippen molar-refractivity contribution in [1.29, 1.82) is 0 Å². The first kappa shape index (κ1) is 9.64. The van der Waals surface area contributed by atoms with Gasteiger partial charge in [-0.2, -0.15) is 0 Å². The van der Waals surface area contributed by atoms with Crippen LogP contribution >= 0.6 is 22.6 Å². The summed E-state index contributed by atoms with van der Waals surface area (Å²) < 4.78 is 0.840. The first-order valence-corrected chi connectivity index (χ1v) is 5.19. The molecule has 0 aliphatic heterocycles. The maximum Gasteiger partial charge on any atom is 0.150 e. The first-order valence-electron chi connectivity index (χ1n) is 3.67. The van der Waals surface area contributed by atoms with Crippen LogP contribution in [-0.4, -0.2) is 11.3 Å². The van der Waals surface area contributed by atoms with Crippen molar-refractivity contribution in [3.05, 3.63) is 28.6 Å². The van der Waals surface area contributed by atoms with Gasteiger partial charge >= 0.3 is 0 Å². The van der Waals surface area contributed by atoms with Crippen molar-refractivity contribution < 1.29 is 4.79 Å². The van der Waals surface area contributed by atoms with Crippen LogP contribution in [0, 0.1) is 13.8 Å². The molecule has 1 aromatic heterocycles. The molecule has 0 unspecified atom stereocenters. The monoisotopic (exact) mass is 275 g/mol. The molecule has 0 aliphatic rings. The van der Waals surface area contributed by atoms with E-state index in [4.69, 9.17) is 0 Å². The fourth-order valence-electron chi connectivity index (χ4n) is 1.11. The number of hydrogen-bond donors (Lipinski definition) is 0. The van der Waals surface area contributed by atoms with Gasteiger partial charge in [-0.3, -0.25) is 9.78 Å². The lowest BCUT2D eigenvalue weighted by Crippen LogP contribution is -1.99. The highest BCUT2D eigenvalue weighted by Crippen LogP contribution is 2.17. The second-order valence-electron chi connectivity index (χ2n) is 2.67. The van der Waals surface area contributed by atoms with Gasteiger partial charge in [-0.15, -0.1) is 0 Å². The van der Waals surface area contributed by atoms with E-state index in [1.54, 1.807) is 6.20 Å². The van der Waals surface area contributed by atoms with Crippen molar-refractivity contribution in [2.45, 2.75) is 18.3 Å². The number of halogens is 1. The Morgan fingerprint density at radius 1 is 1.58 bits per heavy atom. The fraction of sp³-hybridized carbons (Fsp3) is 0.333.